The lowest BCUT2D eigenvalue weighted by Gasteiger charge is -2.61. The first-order valence-corrected chi connectivity index (χ1v) is 11.8. The maximum absolute atomic E-state index is 13.0. The Labute approximate surface area is 188 Å². The molecule has 4 aliphatic rings. The number of hydrogen-bond acceptors (Lipinski definition) is 5. The van der Waals surface area contributed by atoms with Gasteiger partial charge in [0.25, 0.3) is 0 Å². The Morgan fingerprint density at radius 3 is 2.74 bits per heavy atom. The van der Waals surface area contributed by atoms with E-state index in [9.17, 15) is 14.9 Å². The molecule has 0 spiro atoms. The van der Waals surface area contributed by atoms with Gasteiger partial charge in [0, 0.05) is 19.2 Å². The molecule has 10 heteroatoms. The van der Waals surface area contributed by atoms with E-state index in [4.69, 9.17) is 0 Å². The van der Waals surface area contributed by atoms with E-state index in [2.05, 4.69) is 31.4 Å². The molecule has 2 aromatic heterocycles. The van der Waals surface area contributed by atoms with Crippen LogP contribution in [0.4, 0.5) is 5.82 Å². The lowest BCUT2D eigenvalue weighted by molar-refractivity contribution is -0.390. The number of hydrogen-bond donors (Lipinski definition) is 1. The molecule has 0 aromatic carbocycles. The average molecular weight is 491 g/mol. The minimum Gasteiger partial charge on any atom is -0.358 e. The Morgan fingerprint density at radius 1 is 1.35 bits per heavy atom. The molecular formula is C21H27BrN6O3. The number of amides is 1. The lowest BCUT2D eigenvalue weighted by atomic mass is 9.46. The van der Waals surface area contributed by atoms with Gasteiger partial charge in [-0.2, -0.15) is 9.78 Å². The monoisotopic (exact) mass is 490 g/mol. The van der Waals surface area contributed by atoms with Crippen LogP contribution in [0.1, 0.15) is 57.6 Å². The van der Waals surface area contributed by atoms with Crippen LogP contribution in [0.5, 0.6) is 0 Å². The largest absolute Gasteiger partial charge is 0.404 e. The Morgan fingerprint density at radius 2 is 2.10 bits per heavy atom. The predicted octanol–water partition coefficient (Wildman–Crippen LogP) is 3.77. The van der Waals surface area contributed by atoms with Crippen LogP contribution < -0.4 is 5.32 Å². The first-order chi connectivity index (χ1) is 14.8. The van der Waals surface area contributed by atoms with Crippen LogP contribution in [-0.2, 0) is 23.4 Å². The number of halogens is 1. The number of aromatic nitrogens is 4. The van der Waals surface area contributed by atoms with E-state index in [-0.39, 0.29) is 22.7 Å². The smallest absolute Gasteiger partial charge is 0.358 e. The molecule has 0 saturated heterocycles. The number of nitrogens with one attached hydrogen (secondary N) is 1. The number of carbonyl (C=O) groups is 1. The molecule has 0 aliphatic heterocycles. The van der Waals surface area contributed by atoms with E-state index >= 15 is 0 Å². The van der Waals surface area contributed by atoms with E-state index < -0.39 is 4.92 Å². The molecule has 4 fully saturated rings. The molecule has 1 N–H and O–H groups in total. The van der Waals surface area contributed by atoms with E-state index in [0.29, 0.717) is 29.3 Å². The highest BCUT2D eigenvalue weighted by atomic mass is 79.9. The first kappa shape index (κ1) is 20.7. The zero-order chi connectivity index (χ0) is 21.8. The molecule has 2 aromatic rings. The van der Waals surface area contributed by atoms with Gasteiger partial charge in [0.15, 0.2) is 0 Å². The second kappa shape index (κ2) is 7.43. The summed E-state index contributed by atoms with van der Waals surface area (Å²) in [5.74, 6) is 1.05. The minimum absolute atomic E-state index is 0.0492. The van der Waals surface area contributed by atoms with Crippen LogP contribution in [0.3, 0.4) is 0 Å². The molecule has 2 atom stereocenters. The van der Waals surface area contributed by atoms with Crippen molar-refractivity contribution in [1.29, 1.82) is 0 Å². The lowest BCUT2D eigenvalue weighted by Crippen LogP contribution is -2.57. The molecule has 4 aliphatic carbocycles. The third-order valence-corrected chi connectivity index (χ3v) is 8.13. The van der Waals surface area contributed by atoms with Crippen molar-refractivity contribution in [2.75, 3.05) is 0 Å². The molecule has 0 radical (unpaired) electrons. The standard InChI is InChI=1S/C21H27BrN6O3/c1-2-26-16(3-4-24-26)11-23-18(29)10-20-6-14-5-15(7-20)9-21(8-14,13-20)27-12-17(22)19(25-27)28(30)31/h3-4,12,14-15H,2,5-11,13H2,1H3,(H,23,29). The van der Waals surface area contributed by atoms with Crippen molar-refractivity contribution in [3.8, 4) is 0 Å². The van der Waals surface area contributed by atoms with Crippen molar-refractivity contribution in [2.45, 2.75) is 70.5 Å². The average Bonchev–Trinajstić information content (AvgIpc) is 3.31. The molecule has 2 heterocycles. The maximum atomic E-state index is 13.0. The summed E-state index contributed by atoms with van der Waals surface area (Å²) in [4.78, 5) is 23.8. The number of aryl methyl sites for hydroxylation is 1. The summed E-state index contributed by atoms with van der Waals surface area (Å²) in [6, 6.07) is 1.94. The number of nitro groups is 1. The normalized spacial score (nSPS) is 31.2. The Balaban J connectivity index is 1.34. The van der Waals surface area contributed by atoms with Crippen molar-refractivity contribution < 1.29 is 9.72 Å². The second-order valence-corrected chi connectivity index (χ2v) is 10.6. The molecule has 1 amide bonds. The van der Waals surface area contributed by atoms with Crippen LogP contribution in [0, 0.1) is 27.4 Å². The zero-order valence-corrected chi connectivity index (χ0v) is 19.2. The van der Waals surface area contributed by atoms with Crippen molar-refractivity contribution in [2.24, 2.45) is 17.3 Å². The predicted molar refractivity (Wildman–Crippen MR) is 116 cm³/mol. The Kier molecular flexibility index (Phi) is 4.95. The third-order valence-electron chi connectivity index (χ3n) is 7.57. The van der Waals surface area contributed by atoms with Crippen LogP contribution in [0.2, 0.25) is 0 Å². The van der Waals surface area contributed by atoms with E-state index in [1.165, 1.54) is 6.42 Å². The summed E-state index contributed by atoms with van der Waals surface area (Å²) in [5, 5.41) is 23.0. The van der Waals surface area contributed by atoms with Gasteiger partial charge in [-0.3, -0.25) is 9.48 Å². The van der Waals surface area contributed by atoms with Crippen molar-refractivity contribution in [3.63, 3.8) is 0 Å². The molecule has 9 nitrogen and oxygen atoms in total. The Hall–Kier alpha value is -2.23. The van der Waals surface area contributed by atoms with Gasteiger partial charge in [-0.25, -0.2) is 0 Å². The first-order valence-electron chi connectivity index (χ1n) is 11.0. The van der Waals surface area contributed by atoms with Crippen LogP contribution >= 0.6 is 15.9 Å². The van der Waals surface area contributed by atoms with Gasteiger partial charge < -0.3 is 15.4 Å². The van der Waals surface area contributed by atoms with Gasteiger partial charge in [0.1, 0.15) is 4.47 Å². The number of nitrogens with zero attached hydrogens (tertiary/aromatic N) is 5. The SMILES string of the molecule is CCn1nccc1CNC(=O)CC12CC3CC(C1)CC(n1cc(Br)c([N+](=O)[O-])n1)(C3)C2. The summed E-state index contributed by atoms with van der Waals surface area (Å²) in [5.41, 5.74) is 0.737. The molecule has 4 saturated carbocycles. The van der Waals surface area contributed by atoms with Crippen LogP contribution in [-0.4, -0.2) is 30.4 Å². The van der Waals surface area contributed by atoms with Crippen molar-refractivity contribution >= 4 is 27.7 Å². The van der Waals surface area contributed by atoms with Crippen LogP contribution in [0.15, 0.2) is 22.9 Å². The molecule has 4 bridgehead atoms. The second-order valence-electron chi connectivity index (χ2n) is 9.78. The minimum atomic E-state index is -0.439. The van der Waals surface area contributed by atoms with Gasteiger partial charge in [-0.1, -0.05) is 0 Å². The van der Waals surface area contributed by atoms with Gasteiger partial charge in [0.2, 0.25) is 5.91 Å². The van der Waals surface area contributed by atoms with Crippen molar-refractivity contribution in [3.05, 3.63) is 38.7 Å². The maximum Gasteiger partial charge on any atom is 0.404 e. The van der Waals surface area contributed by atoms with Gasteiger partial charge in [-0.05, 0) is 89.6 Å². The third kappa shape index (κ3) is 3.58. The van der Waals surface area contributed by atoms with E-state index in [0.717, 1.165) is 44.3 Å². The van der Waals surface area contributed by atoms with E-state index in [1.807, 2.05) is 22.4 Å². The number of carbonyl (C=O) groups excluding carboxylic acids is 1. The highest BCUT2D eigenvalue weighted by Gasteiger charge is 2.60. The fourth-order valence-electron chi connectivity index (χ4n) is 6.97. The van der Waals surface area contributed by atoms with E-state index in [1.54, 1.807) is 12.4 Å². The molecule has 166 valence electrons. The highest BCUT2D eigenvalue weighted by molar-refractivity contribution is 9.10. The zero-order valence-electron chi connectivity index (χ0n) is 17.6. The van der Waals surface area contributed by atoms with Crippen molar-refractivity contribution in [1.82, 2.24) is 24.9 Å². The fraction of sp³-hybridized carbons (Fsp3) is 0.667. The number of rotatable bonds is 7. The summed E-state index contributed by atoms with van der Waals surface area (Å²) in [7, 11) is 0. The molecule has 31 heavy (non-hydrogen) atoms. The summed E-state index contributed by atoms with van der Waals surface area (Å²) < 4.78 is 4.16. The topological polar surface area (TPSA) is 108 Å². The summed E-state index contributed by atoms with van der Waals surface area (Å²) >= 11 is 3.31. The van der Waals surface area contributed by atoms with Gasteiger partial charge in [-0.15, -0.1) is 0 Å². The molecular weight excluding hydrogens is 464 g/mol. The molecule has 2 unspecified atom stereocenters. The quantitative estimate of drug-likeness (QED) is 0.469. The van der Waals surface area contributed by atoms with Gasteiger partial charge >= 0.3 is 5.82 Å². The van der Waals surface area contributed by atoms with Crippen LogP contribution in [0.25, 0.3) is 0 Å². The molecule has 6 rings (SSSR count). The van der Waals surface area contributed by atoms with Gasteiger partial charge in [0.05, 0.1) is 29.1 Å². The Bertz CT molecular complexity index is 1020. The highest BCUT2D eigenvalue weighted by Crippen LogP contribution is 2.65. The summed E-state index contributed by atoms with van der Waals surface area (Å²) in [6.07, 6.45) is 10.2. The fourth-order valence-corrected chi connectivity index (χ4v) is 7.39. The summed E-state index contributed by atoms with van der Waals surface area (Å²) in [6.45, 7) is 3.30.